The quantitative estimate of drug-likeness (QED) is 0.262. The first-order chi connectivity index (χ1) is 18.1. The summed E-state index contributed by atoms with van der Waals surface area (Å²) >= 11 is 0. The molecule has 0 aliphatic heterocycles. The van der Waals surface area contributed by atoms with Crippen LogP contribution in [0.25, 0.3) is 33.8 Å². The molecule has 0 fully saturated rings. The summed E-state index contributed by atoms with van der Waals surface area (Å²) in [5.41, 5.74) is -0.00315. The normalized spacial score (nSPS) is 13.5. The predicted molar refractivity (Wildman–Crippen MR) is 130 cm³/mol. The van der Waals surface area contributed by atoms with E-state index < -0.39 is 31.1 Å². The molecule has 0 radical (unpaired) electrons. The summed E-state index contributed by atoms with van der Waals surface area (Å²) in [4.78, 5) is 17.8. The summed E-state index contributed by atoms with van der Waals surface area (Å²) in [5.74, 6) is -2.51. The van der Waals surface area contributed by atoms with Gasteiger partial charge < -0.3 is 0 Å². The standard InChI is InChI=1S/C24H18F3N6O4P/c1-3-37-23(35,12-38-36)33-19-9-16(24(25,26)27)17(10-18(19)32-13-28-30-21(32)22(33)34)31-11-14(2)29-20(31)15-7-5-4-6-8-15/h4-11,13,35H,3H2,1-2H3. The third-order valence-electron chi connectivity index (χ3n) is 5.80. The number of imidazole rings is 1. The molecule has 3 heterocycles. The summed E-state index contributed by atoms with van der Waals surface area (Å²) in [5, 5.41) is 18.6. The van der Waals surface area contributed by atoms with Crippen LogP contribution in [0.4, 0.5) is 13.2 Å². The number of ether oxygens (including phenoxy) is 1. The van der Waals surface area contributed by atoms with E-state index in [9.17, 15) is 27.6 Å². The number of halogens is 3. The van der Waals surface area contributed by atoms with Gasteiger partial charge in [0.1, 0.15) is 0 Å². The summed E-state index contributed by atoms with van der Waals surface area (Å²) in [6.07, 6.45) is -2.27. The number of aromatic nitrogens is 6. The zero-order valence-electron chi connectivity index (χ0n) is 19.8. The molecule has 1 atom stereocenters. The molecule has 3 aromatic heterocycles. The van der Waals surface area contributed by atoms with Crippen molar-refractivity contribution in [2.45, 2.75) is 25.9 Å². The fourth-order valence-corrected chi connectivity index (χ4v) is 4.59. The minimum atomic E-state index is -4.90. The molecule has 1 unspecified atom stereocenters. The maximum absolute atomic E-state index is 14.6. The van der Waals surface area contributed by atoms with E-state index in [-0.39, 0.29) is 34.8 Å². The van der Waals surface area contributed by atoms with Gasteiger partial charge in [0.25, 0.3) is 0 Å². The van der Waals surface area contributed by atoms with Crippen molar-refractivity contribution >= 4 is 24.6 Å². The van der Waals surface area contributed by atoms with Gasteiger partial charge in [-0.1, -0.05) is 6.07 Å². The average Bonchev–Trinajstić information content (AvgIpc) is 3.51. The van der Waals surface area contributed by atoms with Crippen molar-refractivity contribution in [3.05, 3.63) is 76.6 Å². The maximum atomic E-state index is 14.6. The molecule has 0 saturated carbocycles. The number of rotatable bonds is 5. The Bertz CT molecular complexity index is 1860. The number of aryl methyl sites for hydroxylation is 1. The summed E-state index contributed by atoms with van der Waals surface area (Å²) < 4.78 is 63.4. The Morgan fingerprint density at radius 1 is 1.16 bits per heavy atom. The van der Waals surface area contributed by atoms with Crippen molar-refractivity contribution < 1.29 is 27.6 Å². The number of fused-ring (bicyclic) bond motifs is 3. The number of benzene rings is 2. The van der Waals surface area contributed by atoms with Crippen molar-refractivity contribution in [2.24, 2.45) is 0 Å². The molecule has 0 spiro atoms. The van der Waals surface area contributed by atoms with Crippen LogP contribution in [-0.4, -0.2) is 40.4 Å². The number of hydrogen-bond acceptors (Lipinski definition) is 7. The number of aliphatic hydroxyl groups is 1. The molecule has 10 nitrogen and oxygen atoms in total. The fraction of sp³-hybridized carbons (Fsp3) is 0.208. The van der Waals surface area contributed by atoms with E-state index in [1.165, 1.54) is 28.2 Å². The van der Waals surface area contributed by atoms with Crippen LogP contribution < -0.4 is 5.56 Å². The van der Waals surface area contributed by atoms with Gasteiger partial charge in [-0.2, -0.15) is 0 Å². The third-order valence-corrected chi connectivity index (χ3v) is 6.18. The molecule has 5 aromatic rings. The molecule has 194 valence electrons. The second-order valence-corrected chi connectivity index (χ2v) is 8.61. The number of hydrogen-bond donors (Lipinski definition) is 1. The Morgan fingerprint density at radius 2 is 1.89 bits per heavy atom. The molecule has 14 heteroatoms. The van der Waals surface area contributed by atoms with E-state index in [1.54, 1.807) is 37.3 Å². The van der Waals surface area contributed by atoms with Crippen molar-refractivity contribution in [1.82, 2.24) is 28.7 Å². The SMILES string of the molecule is CCOC(O)(C#P=O)n1c(=O)c2nncn2c2cc(-n3cc(C)nc3-c3ccccc3)c(C(F)(F)F)cc21. The Balaban J connectivity index is 1.97. The molecule has 38 heavy (non-hydrogen) atoms. The molecule has 1 N–H and O–H groups in total. The van der Waals surface area contributed by atoms with E-state index in [0.717, 1.165) is 6.33 Å². The van der Waals surface area contributed by atoms with Crippen molar-refractivity contribution in [3.8, 4) is 22.7 Å². The van der Waals surface area contributed by atoms with Gasteiger partial charge in [-0.3, -0.25) is 0 Å². The van der Waals surface area contributed by atoms with Gasteiger partial charge in [0.15, 0.2) is 0 Å². The van der Waals surface area contributed by atoms with Crippen LogP contribution in [0.5, 0.6) is 0 Å². The first-order valence-corrected chi connectivity index (χ1v) is 12.0. The van der Waals surface area contributed by atoms with E-state index in [1.807, 2.05) is 0 Å². The fourth-order valence-electron chi connectivity index (χ4n) is 4.31. The molecule has 0 amide bonds. The third kappa shape index (κ3) is 4.15. The van der Waals surface area contributed by atoms with Crippen LogP contribution in [0.2, 0.25) is 0 Å². The van der Waals surface area contributed by atoms with Gasteiger partial charge >= 0.3 is 207 Å². The first-order valence-electron chi connectivity index (χ1n) is 11.2. The summed E-state index contributed by atoms with van der Waals surface area (Å²) in [6, 6.07) is 10.6. The second-order valence-electron chi connectivity index (χ2n) is 8.21. The number of nitrogens with zero attached hydrogens (tertiary/aromatic N) is 6. The van der Waals surface area contributed by atoms with Crippen LogP contribution >= 0.6 is 7.92 Å². The zero-order valence-corrected chi connectivity index (χ0v) is 20.7. The molecule has 0 aliphatic carbocycles. The topological polar surface area (TPSA) is 117 Å². The van der Waals surface area contributed by atoms with Crippen LogP contribution in [0.1, 0.15) is 18.2 Å². The van der Waals surface area contributed by atoms with Gasteiger partial charge in [-0.05, 0) is 0 Å². The molecular formula is C24H18F3N6O4P. The van der Waals surface area contributed by atoms with Crippen molar-refractivity contribution in [3.63, 3.8) is 0 Å². The average molecular weight is 542 g/mol. The van der Waals surface area contributed by atoms with Gasteiger partial charge in [0.2, 0.25) is 0 Å². The van der Waals surface area contributed by atoms with Crippen LogP contribution in [0.3, 0.4) is 0 Å². The van der Waals surface area contributed by atoms with Gasteiger partial charge in [-0.25, -0.2) is 0 Å². The number of alkyl halides is 3. The monoisotopic (exact) mass is 542 g/mol. The summed E-state index contributed by atoms with van der Waals surface area (Å²) in [6.45, 7) is 2.94. The molecular weight excluding hydrogens is 524 g/mol. The predicted octanol–water partition coefficient (Wildman–Crippen LogP) is 4.11. The molecule has 2 aromatic carbocycles. The Labute approximate surface area is 213 Å². The Morgan fingerprint density at radius 3 is 2.55 bits per heavy atom. The van der Waals surface area contributed by atoms with Gasteiger partial charge in [0, 0.05) is 0 Å². The van der Waals surface area contributed by atoms with E-state index in [4.69, 9.17) is 4.74 Å². The van der Waals surface area contributed by atoms with Crippen LogP contribution in [-0.2, 0) is 21.4 Å². The summed E-state index contributed by atoms with van der Waals surface area (Å²) in [7, 11) is -0.851. The molecule has 0 saturated heterocycles. The van der Waals surface area contributed by atoms with E-state index in [0.29, 0.717) is 21.9 Å². The van der Waals surface area contributed by atoms with Crippen LogP contribution in [0.15, 0.2) is 59.8 Å². The van der Waals surface area contributed by atoms with E-state index >= 15 is 0 Å². The Hall–Kier alpha value is -4.02. The zero-order chi connectivity index (χ0) is 27.2. The van der Waals surface area contributed by atoms with Crippen LogP contribution in [0, 0.1) is 12.6 Å². The molecule has 5 rings (SSSR count). The Kier molecular flexibility index (Phi) is 6.32. The van der Waals surface area contributed by atoms with Gasteiger partial charge in [-0.15, -0.1) is 0 Å². The minimum absolute atomic E-state index is 0.0282. The van der Waals surface area contributed by atoms with Crippen molar-refractivity contribution in [2.75, 3.05) is 6.61 Å². The molecule has 0 bridgehead atoms. The van der Waals surface area contributed by atoms with Gasteiger partial charge in [0.05, 0.1) is 0 Å². The van der Waals surface area contributed by atoms with E-state index in [2.05, 4.69) is 20.8 Å². The van der Waals surface area contributed by atoms with Crippen molar-refractivity contribution in [1.29, 1.82) is 0 Å². The first kappa shape index (κ1) is 25.6. The second kappa shape index (κ2) is 9.38. The molecule has 0 aliphatic rings.